The lowest BCUT2D eigenvalue weighted by molar-refractivity contribution is -0.0899. The normalized spacial score (nSPS) is 25.0. The average molecular weight is 322 g/mol. The van der Waals surface area contributed by atoms with Crippen LogP contribution >= 0.6 is 11.8 Å². The fourth-order valence-electron chi connectivity index (χ4n) is 2.42. The maximum Gasteiger partial charge on any atom is 0.158 e. The molecule has 3 unspecified atom stereocenters. The maximum absolute atomic E-state index is 7.97. The fraction of sp³-hybridized carbons (Fsp3) is 0.588. The van der Waals surface area contributed by atoms with E-state index in [1.165, 1.54) is 17.3 Å². The molecule has 5 heteroatoms. The largest absolute Gasteiger partial charge is 0.373 e. The van der Waals surface area contributed by atoms with E-state index < -0.39 is 0 Å². The summed E-state index contributed by atoms with van der Waals surface area (Å²) in [5.74, 6) is 0. The van der Waals surface area contributed by atoms with Gasteiger partial charge in [0, 0.05) is 20.5 Å². The van der Waals surface area contributed by atoms with Gasteiger partial charge in [-0.25, -0.2) is 0 Å². The van der Waals surface area contributed by atoms with E-state index in [1.54, 1.807) is 0 Å². The molecule has 3 atom stereocenters. The average Bonchev–Trinajstić information content (AvgIpc) is 2.53. The second-order valence-electron chi connectivity index (χ2n) is 5.80. The van der Waals surface area contributed by atoms with Crippen LogP contribution in [0.2, 0.25) is 0 Å². The first kappa shape index (κ1) is 17.3. The molecular weight excluding hydrogens is 296 g/mol. The van der Waals surface area contributed by atoms with Crippen LogP contribution in [-0.2, 0) is 16.1 Å². The molecule has 0 spiro atoms. The number of rotatable bonds is 5. The van der Waals surface area contributed by atoms with Crippen molar-refractivity contribution in [2.45, 2.75) is 50.4 Å². The lowest BCUT2D eigenvalue weighted by Gasteiger charge is -2.35. The van der Waals surface area contributed by atoms with Gasteiger partial charge >= 0.3 is 0 Å². The molecule has 0 aliphatic carbocycles. The summed E-state index contributed by atoms with van der Waals surface area (Å²) in [5, 5.41) is 8.50. The summed E-state index contributed by atoms with van der Waals surface area (Å²) >= 11 is 1.48. The van der Waals surface area contributed by atoms with Crippen molar-refractivity contribution in [1.29, 1.82) is 5.41 Å². The summed E-state index contributed by atoms with van der Waals surface area (Å²) in [7, 11) is 3.78. The Bertz CT molecular complexity index is 467. The number of hydrogen-bond acceptors (Lipinski definition) is 4. The highest BCUT2D eigenvalue weighted by Crippen LogP contribution is 2.31. The van der Waals surface area contributed by atoms with E-state index in [0.717, 1.165) is 19.3 Å². The van der Waals surface area contributed by atoms with E-state index in [1.807, 2.05) is 37.2 Å². The van der Waals surface area contributed by atoms with E-state index in [4.69, 9.17) is 14.9 Å². The minimum atomic E-state index is 0.00868. The van der Waals surface area contributed by atoms with Crippen molar-refractivity contribution in [2.24, 2.45) is 0 Å². The molecule has 1 heterocycles. The SMILES string of the molecule is CCC1CC(OCc2ccccc2)CC(SC(=N)N(C)C)O1. The third-order valence-corrected chi connectivity index (χ3v) is 4.91. The molecule has 1 aliphatic rings. The van der Waals surface area contributed by atoms with E-state index in [0.29, 0.717) is 11.8 Å². The molecule has 0 radical (unpaired) electrons. The molecule has 1 aliphatic heterocycles. The molecule has 1 saturated heterocycles. The van der Waals surface area contributed by atoms with Gasteiger partial charge in [-0.2, -0.15) is 0 Å². The molecule has 0 aromatic heterocycles. The molecule has 0 bridgehead atoms. The third kappa shape index (κ3) is 5.30. The zero-order chi connectivity index (χ0) is 15.9. The Labute approximate surface area is 137 Å². The van der Waals surface area contributed by atoms with Crippen LogP contribution in [0.3, 0.4) is 0 Å². The number of nitrogens with one attached hydrogen (secondary N) is 1. The number of ether oxygens (including phenoxy) is 2. The number of hydrogen-bond donors (Lipinski definition) is 1. The molecule has 1 aromatic carbocycles. The van der Waals surface area contributed by atoms with Crippen molar-refractivity contribution in [2.75, 3.05) is 14.1 Å². The van der Waals surface area contributed by atoms with Crippen LogP contribution in [0.5, 0.6) is 0 Å². The molecule has 4 nitrogen and oxygen atoms in total. The highest BCUT2D eigenvalue weighted by atomic mass is 32.2. The Hall–Kier alpha value is -1.04. The predicted molar refractivity (Wildman–Crippen MR) is 92.2 cm³/mol. The number of thioether (sulfide) groups is 1. The molecular formula is C17H26N2O2S. The summed E-state index contributed by atoms with van der Waals surface area (Å²) in [6.07, 6.45) is 3.19. The van der Waals surface area contributed by atoms with Crippen molar-refractivity contribution in [1.82, 2.24) is 4.90 Å². The van der Waals surface area contributed by atoms with Crippen LogP contribution < -0.4 is 0 Å². The Morgan fingerprint density at radius 2 is 2.05 bits per heavy atom. The summed E-state index contributed by atoms with van der Waals surface area (Å²) in [5.41, 5.74) is 1.21. The van der Waals surface area contributed by atoms with Gasteiger partial charge in [0.25, 0.3) is 0 Å². The first-order valence-corrected chi connectivity index (χ1v) is 8.70. The second kappa shape index (κ2) is 8.56. The minimum Gasteiger partial charge on any atom is -0.373 e. The Morgan fingerprint density at radius 3 is 2.68 bits per heavy atom. The molecule has 0 amide bonds. The van der Waals surface area contributed by atoms with Crippen LogP contribution in [0.1, 0.15) is 31.7 Å². The first-order chi connectivity index (χ1) is 10.6. The monoisotopic (exact) mass is 322 g/mol. The van der Waals surface area contributed by atoms with Crippen molar-refractivity contribution in [3.8, 4) is 0 Å². The molecule has 1 N–H and O–H groups in total. The van der Waals surface area contributed by atoms with Gasteiger partial charge in [-0.3, -0.25) is 5.41 Å². The Kier molecular flexibility index (Phi) is 6.73. The van der Waals surface area contributed by atoms with Gasteiger partial charge in [0.05, 0.1) is 18.8 Å². The van der Waals surface area contributed by atoms with Crippen LogP contribution in [-0.4, -0.2) is 41.8 Å². The van der Waals surface area contributed by atoms with Crippen molar-refractivity contribution in [3.05, 3.63) is 35.9 Å². The van der Waals surface area contributed by atoms with Gasteiger partial charge in [-0.05, 0) is 18.4 Å². The topological polar surface area (TPSA) is 45.5 Å². The molecule has 1 aromatic rings. The Balaban J connectivity index is 1.88. The third-order valence-electron chi connectivity index (χ3n) is 3.76. The standard InChI is InChI=1S/C17H26N2O2S/c1-4-14-10-15(20-12-13-8-6-5-7-9-13)11-16(21-14)22-17(18)19(2)3/h5-9,14-16,18H,4,10-12H2,1-3H3. The van der Waals surface area contributed by atoms with Gasteiger partial charge in [0.15, 0.2) is 5.17 Å². The summed E-state index contributed by atoms with van der Waals surface area (Å²) in [6, 6.07) is 10.3. The molecule has 122 valence electrons. The van der Waals surface area contributed by atoms with Gasteiger partial charge < -0.3 is 14.4 Å². The summed E-state index contributed by atoms with van der Waals surface area (Å²) < 4.78 is 12.2. The first-order valence-electron chi connectivity index (χ1n) is 7.82. The predicted octanol–water partition coefficient (Wildman–Crippen LogP) is 3.72. The van der Waals surface area contributed by atoms with Crippen molar-refractivity contribution >= 4 is 16.9 Å². The van der Waals surface area contributed by atoms with Crippen LogP contribution in [0.15, 0.2) is 30.3 Å². The molecule has 0 saturated carbocycles. The van der Waals surface area contributed by atoms with Gasteiger partial charge in [-0.1, -0.05) is 49.0 Å². The van der Waals surface area contributed by atoms with E-state index >= 15 is 0 Å². The molecule has 22 heavy (non-hydrogen) atoms. The summed E-state index contributed by atoms with van der Waals surface area (Å²) in [6.45, 7) is 2.79. The van der Waals surface area contributed by atoms with Crippen molar-refractivity contribution in [3.63, 3.8) is 0 Å². The second-order valence-corrected chi connectivity index (χ2v) is 6.95. The zero-order valence-corrected chi connectivity index (χ0v) is 14.4. The van der Waals surface area contributed by atoms with Gasteiger partial charge in [0.2, 0.25) is 0 Å². The van der Waals surface area contributed by atoms with Crippen LogP contribution in [0.25, 0.3) is 0 Å². The highest BCUT2D eigenvalue weighted by molar-refractivity contribution is 8.14. The zero-order valence-electron chi connectivity index (χ0n) is 13.6. The summed E-state index contributed by atoms with van der Waals surface area (Å²) in [4.78, 5) is 1.81. The van der Waals surface area contributed by atoms with Gasteiger partial charge in [-0.15, -0.1) is 0 Å². The van der Waals surface area contributed by atoms with E-state index in [2.05, 4.69) is 19.1 Å². The number of nitrogens with zero attached hydrogens (tertiary/aromatic N) is 1. The lowest BCUT2D eigenvalue weighted by Crippen LogP contribution is -2.36. The minimum absolute atomic E-state index is 0.00868. The van der Waals surface area contributed by atoms with E-state index in [9.17, 15) is 0 Å². The smallest absolute Gasteiger partial charge is 0.158 e. The molecule has 2 rings (SSSR count). The maximum atomic E-state index is 7.97. The van der Waals surface area contributed by atoms with Crippen LogP contribution in [0.4, 0.5) is 0 Å². The quantitative estimate of drug-likeness (QED) is 0.663. The van der Waals surface area contributed by atoms with Crippen molar-refractivity contribution < 1.29 is 9.47 Å². The van der Waals surface area contributed by atoms with Crippen LogP contribution in [0, 0.1) is 5.41 Å². The number of benzene rings is 1. The fourth-order valence-corrected chi connectivity index (χ4v) is 3.41. The van der Waals surface area contributed by atoms with Gasteiger partial charge in [0.1, 0.15) is 5.44 Å². The number of amidine groups is 1. The Morgan fingerprint density at radius 1 is 1.32 bits per heavy atom. The molecule has 1 fully saturated rings. The lowest BCUT2D eigenvalue weighted by atomic mass is 10.0. The van der Waals surface area contributed by atoms with E-state index in [-0.39, 0.29) is 17.6 Å². The highest BCUT2D eigenvalue weighted by Gasteiger charge is 2.30.